The Labute approximate surface area is 168 Å². The van der Waals surface area contributed by atoms with E-state index in [0.29, 0.717) is 31.1 Å². The third kappa shape index (κ3) is 2.81. The number of benzene rings is 1. The van der Waals surface area contributed by atoms with Gasteiger partial charge in [0.05, 0.1) is 0 Å². The van der Waals surface area contributed by atoms with Crippen molar-refractivity contribution in [1.82, 2.24) is 15.1 Å². The number of nitrogens with zero attached hydrogens (tertiary/aromatic N) is 3. The number of nitrogens with one attached hydrogen (secondary N) is 1. The third-order valence-corrected chi connectivity index (χ3v) is 6.66. The summed E-state index contributed by atoms with van der Waals surface area (Å²) in [5, 5.41) is 2.32. The number of fused-ring (bicyclic) bond motifs is 1. The van der Waals surface area contributed by atoms with E-state index < -0.39 is 11.9 Å². The van der Waals surface area contributed by atoms with Crippen LogP contribution >= 0.6 is 0 Å². The minimum absolute atomic E-state index is 0.0356. The number of rotatable bonds is 3. The highest BCUT2D eigenvalue weighted by atomic mass is 16.2. The Kier molecular flexibility index (Phi) is 4.11. The SMILES string of the molecule is C[C@@H]1CN(c2ccc3c(c2)CN(C2CCC(=O)NC2=O)C3=O)C(=O)N1C1CCC1. The molecule has 0 radical (unpaired) electrons. The van der Waals surface area contributed by atoms with E-state index in [9.17, 15) is 19.2 Å². The summed E-state index contributed by atoms with van der Waals surface area (Å²) < 4.78 is 0. The van der Waals surface area contributed by atoms with E-state index in [1.807, 2.05) is 17.0 Å². The van der Waals surface area contributed by atoms with Gasteiger partial charge in [-0.3, -0.25) is 24.6 Å². The lowest BCUT2D eigenvalue weighted by atomic mass is 9.91. The molecule has 5 amide bonds. The maximum absolute atomic E-state index is 13.0. The Morgan fingerprint density at radius 2 is 1.86 bits per heavy atom. The first kappa shape index (κ1) is 18.1. The van der Waals surface area contributed by atoms with Gasteiger partial charge in [-0.05, 0) is 56.4 Å². The molecule has 152 valence electrons. The Balaban J connectivity index is 1.37. The second-order valence-electron chi connectivity index (χ2n) is 8.48. The number of urea groups is 1. The van der Waals surface area contributed by atoms with Crippen LogP contribution in [0.25, 0.3) is 0 Å². The summed E-state index contributed by atoms with van der Waals surface area (Å²) in [4.78, 5) is 54.7. The number of piperidine rings is 1. The molecule has 5 rings (SSSR count). The van der Waals surface area contributed by atoms with E-state index in [2.05, 4.69) is 12.2 Å². The molecule has 3 fully saturated rings. The minimum Gasteiger partial charge on any atom is -0.322 e. The van der Waals surface area contributed by atoms with Crippen molar-refractivity contribution in [2.75, 3.05) is 11.4 Å². The first-order chi connectivity index (χ1) is 13.9. The van der Waals surface area contributed by atoms with Crippen LogP contribution in [0, 0.1) is 0 Å². The summed E-state index contributed by atoms with van der Waals surface area (Å²) in [6, 6.07) is 5.40. The number of hydrogen-bond acceptors (Lipinski definition) is 4. The van der Waals surface area contributed by atoms with E-state index in [-0.39, 0.29) is 30.3 Å². The fraction of sp³-hybridized carbons (Fsp3) is 0.524. The molecule has 1 N–H and O–H groups in total. The summed E-state index contributed by atoms with van der Waals surface area (Å²) in [5.74, 6) is -0.907. The van der Waals surface area contributed by atoms with Crippen LogP contribution in [0.15, 0.2) is 18.2 Å². The highest BCUT2D eigenvalue weighted by molar-refractivity contribution is 6.06. The molecular weight excluding hydrogens is 372 g/mol. The highest BCUT2D eigenvalue weighted by Crippen LogP contribution is 2.35. The zero-order valence-electron chi connectivity index (χ0n) is 16.4. The Morgan fingerprint density at radius 3 is 2.55 bits per heavy atom. The third-order valence-electron chi connectivity index (χ3n) is 6.66. The molecule has 2 atom stereocenters. The second-order valence-corrected chi connectivity index (χ2v) is 8.48. The van der Waals surface area contributed by atoms with Gasteiger partial charge in [0, 0.05) is 42.8 Å². The summed E-state index contributed by atoms with van der Waals surface area (Å²) in [6.07, 6.45) is 3.90. The number of carbonyl (C=O) groups excluding carboxylic acids is 4. The van der Waals surface area contributed by atoms with Crippen molar-refractivity contribution in [3.8, 4) is 0 Å². The normalized spacial score (nSPS) is 27.4. The van der Waals surface area contributed by atoms with Crippen LogP contribution in [0.5, 0.6) is 0 Å². The van der Waals surface area contributed by atoms with Crippen LogP contribution in [-0.4, -0.2) is 58.2 Å². The molecule has 2 saturated heterocycles. The van der Waals surface area contributed by atoms with Crippen molar-refractivity contribution in [3.05, 3.63) is 29.3 Å². The average molecular weight is 396 g/mol. The molecule has 1 saturated carbocycles. The molecule has 0 spiro atoms. The smallest absolute Gasteiger partial charge is 0.322 e. The number of amides is 5. The van der Waals surface area contributed by atoms with E-state index in [1.54, 1.807) is 11.0 Å². The van der Waals surface area contributed by atoms with Gasteiger partial charge in [0.15, 0.2) is 0 Å². The van der Waals surface area contributed by atoms with Crippen molar-refractivity contribution in [2.45, 2.75) is 63.7 Å². The fourth-order valence-corrected chi connectivity index (χ4v) is 4.88. The molecule has 1 unspecified atom stereocenters. The van der Waals surface area contributed by atoms with Gasteiger partial charge in [0.25, 0.3) is 5.91 Å². The van der Waals surface area contributed by atoms with Gasteiger partial charge in [-0.25, -0.2) is 4.79 Å². The van der Waals surface area contributed by atoms with E-state index >= 15 is 0 Å². The van der Waals surface area contributed by atoms with Gasteiger partial charge in [-0.2, -0.15) is 0 Å². The van der Waals surface area contributed by atoms with Crippen LogP contribution in [0.1, 0.15) is 54.9 Å². The highest BCUT2D eigenvalue weighted by Gasteiger charge is 2.43. The molecule has 0 aromatic heterocycles. The molecule has 0 bridgehead atoms. The quantitative estimate of drug-likeness (QED) is 0.787. The molecule has 3 heterocycles. The maximum atomic E-state index is 13.0. The average Bonchev–Trinajstić information content (AvgIpc) is 3.12. The summed E-state index contributed by atoms with van der Waals surface area (Å²) in [6.45, 7) is 3.04. The van der Waals surface area contributed by atoms with E-state index in [0.717, 1.165) is 24.1 Å². The number of hydrogen-bond donors (Lipinski definition) is 1. The Bertz CT molecular complexity index is 925. The molecule has 4 aliphatic rings. The van der Waals surface area contributed by atoms with Gasteiger partial charge >= 0.3 is 6.03 Å². The zero-order valence-corrected chi connectivity index (χ0v) is 16.4. The molecule has 8 nitrogen and oxygen atoms in total. The minimum atomic E-state index is -0.626. The summed E-state index contributed by atoms with van der Waals surface area (Å²) >= 11 is 0. The van der Waals surface area contributed by atoms with Crippen LogP contribution in [0.4, 0.5) is 10.5 Å². The van der Waals surface area contributed by atoms with Crippen molar-refractivity contribution >= 4 is 29.4 Å². The van der Waals surface area contributed by atoms with E-state index in [4.69, 9.17) is 0 Å². The molecule has 8 heteroatoms. The molecule has 29 heavy (non-hydrogen) atoms. The Hall–Kier alpha value is -2.90. The van der Waals surface area contributed by atoms with Crippen LogP contribution in [-0.2, 0) is 16.1 Å². The molecule has 3 aliphatic heterocycles. The van der Waals surface area contributed by atoms with Gasteiger partial charge in [-0.1, -0.05) is 0 Å². The predicted octanol–water partition coefficient (Wildman–Crippen LogP) is 1.63. The lowest BCUT2D eigenvalue weighted by Crippen LogP contribution is -2.52. The van der Waals surface area contributed by atoms with Gasteiger partial charge < -0.3 is 9.80 Å². The summed E-state index contributed by atoms with van der Waals surface area (Å²) in [5.41, 5.74) is 2.18. The van der Waals surface area contributed by atoms with Crippen LogP contribution in [0.2, 0.25) is 0 Å². The molecule has 1 aromatic rings. The lowest BCUT2D eigenvalue weighted by Gasteiger charge is -2.36. The second kappa shape index (κ2) is 6.57. The molecule has 1 aromatic carbocycles. The van der Waals surface area contributed by atoms with Gasteiger partial charge in [0.2, 0.25) is 11.8 Å². The molecular formula is C21H24N4O4. The van der Waals surface area contributed by atoms with Crippen LogP contribution < -0.4 is 10.2 Å². The monoisotopic (exact) mass is 396 g/mol. The standard InChI is InChI=1S/C21H24N4O4/c1-12-10-23(21(29)25(12)14-3-2-4-14)15-5-6-16-13(9-15)11-24(20(16)28)17-7-8-18(26)22-19(17)27/h5-6,9,12,14,17H,2-4,7-8,10-11H2,1H3,(H,22,26,27)/t12-,17?/m1/s1. The van der Waals surface area contributed by atoms with Crippen molar-refractivity contribution in [3.63, 3.8) is 0 Å². The first-order valence-electron chi connectivity index (χ1n) is 10.3. The summed E-state index contributed by atoms with van der Waals surface area (Å²) in [7, 11) is 0. The number of anilines is 1. The van der Waals surface area contributed by atoms with Crippen LogP contribution in [0.3, 0.4) is 0 Å². The first-order valence-corrected chi connectivity index (χ1v) is 10.3. The largest absolute Gasteiger partial charge is 0.325 e. The van der Waals surface area contributed by atoms with E-state index in [1.165, 1.54) is 11.3 Å². The lowest BCUT2D eigenvalue weighted by molar-refractivity contribution is -0.136. The topological polar surface area (TPSA) is 90.0 Å². The maximum Gasteiger partial charge on any atom is 0.325 e. The molecule has 1 aliphatic carbocycles. The number of carbonyl (C=O) groups is 4. The van der Waals surface area contributed by atoms with Crippen molar-refractivity contribution in [1.29, 1.82) is 0 Å². The number of imide groups is 1. The van der Waals surface area contributed by atoms with Gasteiger partial charge in [-0.15, -0.1) is 0 Å². The fourth-order valence-electron chi connectivity index (χ4n) is 4.88. The zero-order chi connectivity index (χ0) is 20.3. The van der Waals surface area contributed by atoms with Crippen molar-refractivity contribution in [2.24, 2.45) is 0 Å². The van der Waals surface area contributed by atoms with Gasteiger partial charge in [0.1, 0.15) is 6.04 Å². The van der Waals surface area contributed by atoms with Crippen molar-refractivity contribution < 1.29 is 19.2 Å². The Morgan fingerprint density at radius 1 is 1.07 bits per heavy atom. The predicted molar refractivity (Wildman–Crippen MR) is 104 cm³/mol.